The molecule has 2 aromatic carbocycles. The number of pyridine rings is 1. The number of nitrogens with one attached hydrogen (secondary N) is 2. The SMILES string of the molecule is CCCN(CC(=O)Nc1cc(Cl)ccc1Cl)C(=O)c1cccc(NC(=O)c2cccnc2)c1. The third kappa shape index (κ3) is 6.78. The highest BCUT2D eigenvalue weighted by Crippen LogP contribution is 2.25. The third-order valence-corrected chi connectivity index (χ3v) is 5.17. The van der Waals surface area contributed by atoms with Crippen molar-refractivity contribution in [2.75, 3.05) is 23.7 Å². The normalized spacial score (nSPS) is 10.4. The molecule has 9 heteroatoms. The van der Waals surface area contributed by atoms with Crippen LogP contribution in [-0.2, 0) is 4.79 Å². The molecular formula is C24H22Cl2N4O3. The highest BCUT2D eigenvalue weighted by atomic mass is 35.5. The van der Waals surface area contributed by atoms with E-state index in [0.717, 1.165) is 0 Å². The monoisotopic (exact) mass is 484 g/mol. The Bertz CT molecular complexity index is 1160. The molecular weight excluding hydrogens is 463 g/mol. The second-order valence-corrected chi connectivity index (χ2v) is 8.02. The van der Waals surface area contributed by atoms with E-state index in [1.807, 2.05) is 6.92 Å². The predicted octanol–water partition coefficient (Wildman–Crippen LogP) is 5.13. The van der Waals surface area contributed by atoms with E-state index in [0.29, 0.717) is 45.5 Å². The van der Waals surface area contributed by atoms with Crippen molar-refractivity contribution in [1.82, 2.24) is 9.88 Å². The van der Waals surface area contributed by atoms with E-state index in [2.05, 4.69) is 15.6 Å². The van der Waals surface area contributed by atoms with Crippen LogP contribution in [0, 0.1) is 0 Å². The summed E-state index contributed by atoms with van der Waals surface area (Å²) in [7, 11) is 0. The van der Waals surface area contributed by atoms with Gasteiger partial charge in [-0.25, -0.2) is 0 Å². The lowest BCUT2D eigenvalue weighted by Crippen LogP contribution is -2.38. The summed E-state index contributed by atoms with van der Waals surface area (Å²) < 4.78 is 0. The number of carbonyl (C=O) groups excluding carboxylic acids is 3. The van der Waals surface area contributed by atoms with Crippen LogP contribution in [0.1, 0.15) is 34.1 Å². The quantitative estimate of drug-likeness (QED) is 0.463. The molecule has 3 rings (SSSR count). The number of hydrogen-bond donors (Lipinski definition) is 2. The van der Waals surface area contributed by atoms with Crippen molar-refractivity contribution in [1.29, 1.82) is 0 Å². The van der Waals surface area contributed by atoms with Crippen LogP contribution in [0.2, 0.25) is 10.0 Å². The Morgan fingerprint density at radius 1 is 0.970 bits per heavy atom. The molecule has 2 N–H and O–H groups in total. The Balaban J connectivity index is 1.71. The van der Waals surface area contributed by atoms with E-state index < -0.39 is 5.91 Å². The highest BCUT2D eigenvalue weighted by Gasteiger charge is 2.19. The zero-order valence-electron chi connectivity index (χ0n) is 17.8. The van der Waals surface area contributed by atoms with Gasteiger partial charge in [0.2, 0.25) is 5.91 Å². The van der Waals surface area contributed by atoms with Gasteiger partial charge in [-0.05, 0) is 55.0 Å². The van der Waals surface area contributed by atoms with Crippen LogP contribution in [-0.4, -0.2) is 40.7 Å². The van der Waals surface area contributed by atoms with Crippen LogP contribution in [0.5, 0.6) is 0 Å². The van der Waals surface area contributed by atoms with E-state index in [-0.39, 0.29) is 18.4 Å². The van der Waals surface area contributed by atoms with Crippen molar-refractivity contribution in [3.63, 3.8) is 0 Å². The molecule has 170 valence electrons. The number of carbonyl (C=O) groups is 3. The maximum atomic E-state index is 13.1. The van der Waals surface area contributed by atoms with Crippen molar-refractivity contribution in [3.8, 4) is 0 Å². The van der Waals surface area contributed by atoms with Gasteiger partial charge in [0.05, 0.1) is 16.3 Å². The maximum absolute atomic E-state index is 13.1. The van der Waals surface area contributed by atoms with Crippen LogP contribution in [0.15, 0.2) is 67.0 Å². The average molecular weight is 485 g/mol. The Hall–Kier alpha value is -3.42. The van der Waals surface area contributed by atoms with E-state index >= 15 is 0 Å². The van der Waals surface area contributed by atoms with Gasteiger partial charge in [0, 0.05) is 35.2 Å². The third-order valence-electron chi connectivity index (χ3n) is 4.61. The van der Waals surface area contributed by atoms with E-state index in [9.17, 15) is 14.4 Å². The van der Waals surface area contributed by atoms with Crippen molar-refractivity contribution in [2.45, 2.75) is 13.3 Å². The molecule has 0 aliphatic rings. The van der Waals surface area contributed by atoms with Crippen molar-refractivity contribution >= 4 is 52.3 Å². The Labute approximate surface area is 201 Å². The van der Waals surface area contributed by atoms with Gasteiger partial charge in [-0.2, -0.15) is 0 Å². The second-order valence-electron chi connectivity index (χ2n) is 7.18. The summed E-state index contributed by atoms with van der Waals surface area (Å²) in [6.07, 6.45) is 3.70. The number of aromatic nitrogens is 1. The van der Waals surface area contributed by atoms with Gasteiger partial charge in [-0.3, -0.25) is 19.4 Å². The minimum atomic E-state index is -0.401. The topological polar surface area (TPSA) is 91.4 Å². The fourth-order valence-electron chi connectivity index (χ4n) is 3.09. The lowest BCUT2D eigenvalue weighted by molar-refractivity contribution is -0.116. The summed E-state index contributed by atoms with van der Waals surface area (Å²) in [5.41, 5.74) is 1.58. The van der Waals surface area contributed by atoms with Crippen molar-refractivity contribution in [3.05, 3.63) is 88.2 Å². The Kier molecular flexibility index (Phi) is 8.40. The molecule has 33 heavy (non-hydrogen) atoms. The molecule has 0 fully saturated rings. The first-order valence-electron chi connectivity index (χ1n) is 10.2. The average Bonchev–Trinajstić information content (AvgIpc) is 2.81. The summed E-state index contributed by atoms with van der Waals surface area (Å²) in [6, 6.07) is 14.6. The Morgan fingerprint density at radius 2 is 1.76 bits per heavy atom. The molecule has 0 aliphatic heterocycles. The number of nitrogens with zero attached hydrogens (tertiary/aromatic N) is 2. The molecule has 0 saturated carbocycles. The molecule has 7 nitrogen and oxygen atoms in total. The van der Waals surface area contributed by atoms with Gasteiger partial charge in [-0.1, -0.05) is 36.2 Å². The van der Waals surface area contributed by atoms with Gasteiger partial charge in [-0.15, -0.1) is 0 Å². The summed E-state index contributed by atoms with van der Waals surface area (Å²) in [5, 5.41) is 6.22. The first-order valence-corrected chi connectivity index (χ1v) is 11.0. The first-order chi connectivity index (χ1) is 15.9. The Morgan fingerprint density at radius 3 is 2.48 bits per heavy atom. The van der Waals surface area contributed by atoms with Crippen LogP contribution < -0.4 is 10.6 Å². The molecule has 0 unspecified atom stereocenters. The first kappa shape index (κ1) is 24.2. The minimum absolute atomic E-state index is 0.165. The maximum Gasteiger partial charge on any atom is 0.257 e. The van der Waals surface area contributed by atoms with E-state index in [1.54, 1.807) is 60.8 Å². The molecule has 0 aliphatic carbocycles. The second kappa shape index (κ2) is 11.4. The lowest BCUT2D eigenvalue weighted by Gasteiger charge is -2.22. The number of amides is 3. The highest BCUT2D eigenvalue weighted by molar-refractivity contribution is 6.35. The summed E-state index contributed by atoms with van der Waals surface area (Å²) in [4.78, 5) is 43.5. The zero-order chi connectivity index (χ0) is 23.8. The molecule has 1 heterocycles. The van der Waals surface area contributed by atoms with Crippen molar-refractivity contribution < 1.29 is 14.4 Å². The molecule has 0 radical (unpaired) electrons. The number of halogens is 2. The van der Waals surface area contributed by atoms with E-state index in [1.165, 1.54) is 11.1 Å². The molecule has 0 saturated heterocycles. The standard InChI is InChI=1S/C24H22Cl2N4O3/c1-2-11-30(15-22(31)29-21-13-18(25)8-9-20(21)26)24(33)16-5-3-7-19(12-16)28-23(32)17-6-4-10-27-14-17/h3-10,12-14H,2,11,15H2,1H3,(H,28,32)(H,29,31). The van der Waals surface area contributed by atoms with Gasteiger partial charge >= 0.3 is 0 Å². The summed E-state index contributed by atoms with van der Waals surface area (Å²) in [5.74, 6) is -1.07. The minimum Gasteiger partial charge on any atom is -0.329 e. The molecule has 0 bridgehead atoms. The summed E-state index contributed by atoms with van der Waals surface area (Å²) in [6.45, 7) is 2.13. The summed E-state index contributed by atoms with van der Waals surface area (Å²) >= 11 is 12.1. The molecule has 1 aromatic heterocycles. The van der Waals surface area contributed by atoms with Crippen molar-refractivity contribution in [2.24, 2.45) is 0 Å². The molecule has 0 spiro atoms. The van der Waals surface area contributed by atoms with Crippen LogP contribution in [0.4, 0.5) is 11.4 Å². The van der Waals surface area contributed by atoms with E-state index in [4.69, 9.17) is 23.2 Å². The number of hydrogen-bond acceptors (Lipinski definition) is 4. The van der Waals surface area contributed by atoms with Crippen LogP contribution >= 0.6 is 23.2 Å². The molecule has 3 aromatic rings. The molecule has 0 atom stereocenters. The van der Waals surface area contributed by atoms with Crippen LogP contribution in [0.25, 0.3) is 0 Å². The van der Waals surface area contributed by atoms with Gasteiger partial charge < -0.3 is 15.5 Å². The van der Waals surface area contributed by atoms with Crippen LogP contribution in [0.3, 0.4) is 0 Å². The molecule has 3 amide bonds. The smallest absolute Gasteiger partial charge is 0.257 e. The van der Waals surface area contributed by atoms with Gasteiger partial charge in [0.25, 0.3) is 11.8 Å². The number of benzene rings is 2. The van der Waals surface area contributed by atoms with Gasteiger partial charge in [0.15, 0.2) is 0 Å². The predicted molar refractivity (Wildman–Crippen MR) is 130 cm³/mol. The lowest BCUT2D eigenvalue weighted by atomic mass is 10.1. The largest absolute Gasteiger partial charge is 0.329 e. The zero-order valence-corrected chi connectivity index (χ0v) is 19.4. The fourth-order valence-corrected chi connectivity index (χ4v) is 3.43. The number of anilines is 2. The fraction of sp³-hybridized carbons (Fsp3) is 0.167. The number of rotatable bonds is 8. The van der Waals surface area contributed by atoms with Gasteiger partial charge in [0.1, 0.15) is 6.54 Å².